The fourth-order valence-electron chi connectivity index (χ4n) is 3.40. The van der Waals surface area contributed by atoms with E-state index in [1.807, 2.05) is 25.1 Å². The van der Waals surface area contributed by atoms with Gasteiger partial charge in [-0.2, -0.15) is 15.0 Å². The number of aryl methyl sites for hydroxylation is 1. The predicted octanol–water partition coefficient (Wildman–Crippen LogP) is 6.47. The summed E-state index contributed by atoms with van der Waals surface area (Å²) in [6.45, 7) is 2.09. The van der Waals surface area contributed by atoms with Crippen molar-refractivity contribution in [2.75, 3.05) is 0 Å². The molecular formula is C25H17Br2ClN4O2. The van der Waals surface area contributed by atoms with Gasteiger partial charge in [0.25, 0.3) is 5.56 Å². The minimum Gasteiger partial charge on any atom is -0.487 e. The maximum atomic E-state index is 13.2. The van der Waals surface area contributed by atoms with Gasteiger partial charge in [-0.05, 0) is 52.3 Å². The van der Waals surface area contributed by atoms with Gasteiger partial charge in [-0.3, -0.25) is 4.79 Å². The molecule has 1 heterocycles. The average molecular weight is 601 g/mol. The molecule has 3 aromatic carbocycles. The highest BCUT2D eigenvalue weighted by Gasteiger charge is 2.13. The number of ether oxygens (including phenoxy) is 1. The fraction of sp³-hybridized carbons (Fsp3) is 0.120. The van der Waals surface area contributed by atoms with Crippen molar-refractivity contribution in [1.82, 2.24) is 9.66 Å². The summed E-state index contributed by atoms with van der Waals surface area (Å²) in [6.07, 6.45) is 2.04. The number of hydrogen-bond acceptors (Lipinski definition) is 5. The van der Waals surface area contributed by atoms with E-state index >= 15 is 0 Å². The zero-order valence-corrected chi connectivity index (χ0v) is 21.9. The van der Waals surface area contributed by atoms with Crippen molar-refractivity contribution in [2.45, 2.75) is 20.0 Å². The number of nitrogens with zero attached hydrogens (tertiary/aromatic N) is 4. The zero-order valence-electron chi connectivity index (χ0n) is 17.9. The molecule has 6 nitrogen and oxygen atoms in total. The minimum absolute atomic E-state index is 0.177. The van der Waals surface area contributed by atoms with Crippen LogP contribution < -0.4 is 10.3 Å². The van der Waals surface area contributed by atoms with Crippen molar-refractivity contribution in [3.05, 3.63) is 101 Å². The van der Waals surface area contributed by atoms with Gasteiger partial charge in [0, 0.05) is 27.0 Å². The molecule has 0 aliphatic heterocycles. The summed E-state index contributed by atoms with van der Waals surface area (Å²) in [7, 11) is 0. The molecule has 0 radical (unpaired) electrons. The molecule has 0 fully saturated rings. The van der Waals surface area contributed by atoms with Gasteiger partial charge in [0.05, 0.1) is 33.2 Å². The van der Waals surface area contributed by atoms with Crippen LogP contribution in [-0.4, -0.2) is 15.9 Å². The van der Waals surface area contributed by atoms with E-state index in [1.165, 1.54) is 10.9 Å². The summed E-state index contributed by atoms with van der Waals surface area (Å²) in [5.74, 6) is 1.02. The second-order valence-corrected chi connectivity index (χ2v) is 9.47. The molecule has 0 amide bonds. The van der Waals surface area contributed by atoms with Gasteiger partial charge in [0.1, 0.15) is 18.2 Å². The largest absolute Gasteiger partial charge is 0.487 e. The van der Waals surface area contributed by atoms with Gasteiger partial charge in [0.2, 0.25) is 0 Å². The second-order valence-electron chi connectivity index (χ2n) is 7.27. The van der Waals surface area contributed by atoms with E-state index in [9.17, 15) is 10.1 Å². The molecule has 0 unspecified atom stereocenters. The molecule has 0 atom stereocenters. The summed E-state index contributed by atoms with van der Waals surface area (Å²) in [5.41, 5.74) is 2.20. The number of hydrogen-bond donors (Lipinski definition) is 0. The standard InChI is InChI=1S/C25H17Br2ClN4O2/c1-2-23-31-22-8-7-18(26)10-20(22)25(33)32(23)30-13-17-9-19(28)11-21(27)24(17)34-14-16-6-4-3-5-15(16)12-29/h3-11,13H,2,14H2,1H3. The lowest BCUT2D eigenvalue weighted by atomic mass is 10.1. The van der Waals surface area contributed by atoms with Crippen molar-refractivity contribution in [2.24, 2.45) is 5.10 Å². The Morgan fingerprint density at radius 3 is 2.76 bits per heavy atom. The van der Waals surface area contributed by atoms with Crippen molar-refractivity contribution < 1.29 is 4.74 Å². The molecule has 1 aromatic heterocycles. The molecule has 0 aliphatic carbocycles. The highest BCUT2D eigenvalue weighted by atomic mass is 79.9. The highest BCUT2D eigenvalue weighted by Crippen LogP contribution is 2.33. The van der Waals surface area contributed by atoms with Gasteiger partial charge in [-0.15, -0.1) is 0 Å². The van der Waals surface area contributed by atoms with Crippen molar-refractivity contribution in [3.63, 3.8) is 0 Å². The maximum Gasteiger partial charge on any atom is 0.282 e. The maximum absolute atomic E-state index is 13.2. The Morgan fingerprint density at radius 1 is 1.21 bits per heavy atom. The third-order valence-corrected chi connectivity index (χ3v) is 6.35. The summed E-state index contributed by atoms with van der Waals surface area (Å²) in [4.78, 5) is 17.8. The van der Waals surface area contributed by atoms with Gasteiger partial charge in [0.15, 0.2) is 0 Å². The van der Waals surface area contributed by atoms with Crippen molar-refractivity contribution >= 4 is 60.6 Å². The van der Waals surface area contributed by atoms with E-state index in [0.717, 1.165) is 10.0 Å². The molecule has 0 spiro atoms. The highest BCUT2D eigenvalue weighted by molar-refractivity contribution is 9.10. The zero-order chi connectivity index (χ0) is 24.2. The van der Waals surface area contributed by atoms with Crippen LogP contribution >= 0.6 is 43.5 Å². The van der Waals surface area contributed by atoms with E-state index in [2.05, 4.69) is 48.0 Å². The molecule has 0 aliphatic rings. The normalized spacial score (nSPS) is 11.1. The van der Waals surface area contributed by atoms with Crippen LogP contribution in [0.1, 0.15) is 29.4 Å². The van der Waals surface area contributed by atoms with Crippen molar-refractivity contribution in [3.8, 4) is 11.8 Å². The molecule has 0 saturated carbocycles. The first-order valence-corrected chi connectivity index (χ1v) is 12.2. The number of fused-ring (bicyclic) bond motifs is 1. The molecule has 0 saturated heterocycles. The third-order valence-electron chi connectivity index (χ3n) is 5.05. The van der Waals surface area contributed by atoms with Crippen LogP contribution in [0.5, 0.6) is 5.75 Å². The van der Waals surface area contributed by atoms with Gasteiger partial charge in [-0.25, -0.2) is 4.98 Å². The monoisotopic (exact) mass is 598 g/mol. The number of aromatic nitrogens is 2. The van der Waals surface area contributed by atoms with E-state index in [1.54, 1.807) is 36.4 Å². The Hall–Kier alpha value is -2.99. The van der Waals surface area contributed by atoms with Crippen molar-refractivity contribution in [1.29, 1.82) is 5.26 Å². The molecule has 9 heteroatoms. The topological polar surface area (TPSA) is 80.3 Å². The third kappa shape index (κ3) is 5.07. The quantitative estimate of drug-likeness (QED) is 0.238. The Morgan fingerprint density at radius 2 is 2.00 bits per heavy atom. The first-order valence-electron chi connectivity index (χ1n) is 10.3. The van der Waals surface area contributed by atoms with Crippen LogP contribution in [0.3, 0.4) is 0 Å². The lowest BCUT2D eigenvalue weighted by Gasteiger charge is -2.13. The molecule has 4 rings (SSSR count). The van der Waals surface area contributed by atoms with Crippen LogP contribution in [0.2, 0.25) is 5.02 Å². The Labute approximate surface area is 217 Å². The Balaban J connectivity index is 1.75. The van der Waals surface area contributed by atoms with E-state index in [-0.39, 0.29) is 12.2 Å². The molecule has 4 aromatic rings. The first kappa shape index (κ1) is 24.1. The first-order chi connectivity index (χ1) is 16.4. The van der Waals surface area contributed by atoms with E-state index in [4.69, 9.17) is 16.3 Å². The lowest BCUT2D eigenvalue weighted by molar-refractivity contribution is 0.303. The van der Waals surface area contributed by atoms with E-state index in [0.29, 0.717) is 49.5 Å². The summed E-state index contributed by atoms with van der Waals surface area (Å²) >= 11 is 13.2. The average Bonchev–Trinajstić information content (AvgIpc) is 2.83. The number of benzene rings is 3. The van der Waals surface area contributed by atoms with Crippen LogP contribution in [0, 0.1) is 11.3 Å². The van der Waals surface area contributed by atoms with Crippen LogP contribution in [0.25, 0.3) is 10.9 Å². The van der Waals surface area contributed by atoms with E-state index < -0.39 is 0 Å². The molecule has 170 valence electrons. The molecule has 0 bridgehead atoms. The van der Waals surface area contributed by atoms with Crippen LogP contribution in [0.4, 0.5) is 0 Å². The summed E-state index contributed by atoms with van der Waals surface area (Å²) in [5, 5.41) is 14.7. The lowest BCUT2D eigenvalue weighted by Crippen LogP contribution is -2.22. The number of halogens is 3. The molecule has 34 heavy (non-hydrogen) atoms. The molecular weight excluding hydrogens is 584 g/mol. The number of nitriles is 1. The minimum atomic E-state index is -0.272. The smallest absolute Gasteiger partial charge is 0.282 e. The van der Waals surface area contributed by atoms with Crippen LogP contribution in [-0.2, 0) is 13.0 Å². The van der Waals surface area contributed by atoms with Gasteiger partial charge < -0.3 is 4.74 Å². The SMILES string of the molecule is CCc1nc2ccc(Br)cc2c(=O)n1N=Cc1cc(Cl)cc(Br)c1OCc1ccccc1C#N. The fourth-order valence-corrected chi connectivity index (χ4v) is 4.71. The summed E-state index contributed by atoms with van der Waals surface area (Å²) < 4.78 is 8.75. The Bertz CT molecular complexity index is 1530. The summed E-state index contributed by atoms with van der Waals surface area (Å²) in [6, 6.07) is 18.2. The van der Waals surface area contributed by atoms with Gasteiger partial charge in [-0.1, -0.05) is 52.7 Å². The number of rotatable bonds is 6. The second kappa shape index (κ2) is 10.5. The predicted molar refractivity (Wildman–Crippen MR) is 141 cm³/mol. The van der Waals surface area contributed by atoms with Gasteiger partial charge >= 0.3 is 0 Å². The molecule has 0 N–H and O–H groups in total. The Kier molecular flexibility index (Phi) is 7.47. The van der Waals surface area contributed by atoms with Crippen LogP contribution in [0.15, 0.2) is 73.4 Å².